The number of alkyl halides is 2. The van der Waals surface area contributed by atoms with Crippen LogP contribution in [0.4, 0.5) is 8.78 Å². The van der Waals surface area contributed by atoms with Gasteiger partial charge >= 0.3 is 17.9 Å². The van der Waals surface area contributed by atoms with Crippen molar-refractivity contribution in [1.82, 2.24) is 0 Å². The fourth-order valence-corrected chi connectivity index (χ4v) is 1.92. The number of carbonyl (C=O) groups excluding carboxylic acids is 1. The minimum atomic E-state index is -3.87. The number of halogens is 2. The third kappa shape index (κ3) is 3.94. The average molecular weight is 250 g/mol. The van der Waals surface area contributed by atoms with Crippen molar-refractivity contribution in [3.63, 3.8) is 0 Å². The monoisotopic (exact) mass is 250 g/mol. The summed E-state index contributed by atoms with van der Waals surface area (Å²) in [5, 5.41) is 8.19. The number of carboxylic acids is 1. The van der Waals surface area contributed by atoms with E-state index in [-0.39, 0.29) is 0 Å². The molecule has 0 aliphatic heterocycles. The lowest BCUT2D eigenvalue weighted by Gasteiger charge is -2.24. The Balaban J connectivity index is 2.38. The molecule has 1 saturated carbocycles. The van der Waals surface area contributed by atoms with Crippen LogP contribution in [0.25, 0.3) is 0 Å². The second-order valence-electron chi connectivity index (χ2n) is 4.64. The topological polar surface area (TPSA) is 63.6 Å². The number of carboxylic acid groups (broad SMARTS) is 1. The van der Waals surface area contributed by atoms with Crippen molar-refractivity contribution < 1.29 is 28.2 Å². The lowest BCUT2D eigenvalue weighted by molar-refractivity contribution is -0.169. The molecule has 1 aliphatic rings. The van der Waals surface area contributed by atoms with E-state index < -0.39 is 36.3 Å². The van der Waals surface area contributed by atoms with Gasteiger partial charge in [-0.3, -0.25) is 4.79 Å². The first-order valence-corrected chi connectivity index (χ1v) is 5.58. The van der Waals surface area contributed by atoms with E-state index in [9.17, 15) is 18.4 Å². The molecule has 0 saturated heterocycles. The van der Waals surface area contributed by atoms with Crippen LogP contribution in [-0.4, -0.2) is 28.6 Å². The first-order valence-electron chi connectivity index (χ1n) is 5.58. The molecule has 17 heavy (non-hydrogen) atoms. The lowest BCUT2D eigenvalue weighted by atomic mass is 10.1. The van der Waals surface area contributed by atoms with Gasteiger partial charge in [-0.25, -0.2) is 4.79 Å². The first-order chi connectivity index (χ1) is 7.75. The SMILES string of the molecule is CC1(OC(=O)CCC(F)(F)C(=O)O)CCCC1. The Bertz CT molecular complexity index is 309. The number of hydrogen-bond donors (Lipinski definition) is 1. The second-order valence-corrected chi connectivity index (χ2v) is 4.64. The fourth-order valence-electron chi connectivity index (χ4n) is 1.92. The highest BCUT2D eigenvalue weighted by Crippen LogP contribution is 2.33. The van der Waals surface area contributed by atoms with Gasteiger partial charge in [-0.2, -0.15) is 8.78 Å². The second kappa shape index (κ2) is 4.98. The summed E-state index contributed by atoms with van der Waals surface area (Å²) in [7, 11) is 0. The Labute approximate surface area is 97.9 Å². The maximum absolute atomic E-state index is 12.7. The molecule has 0 aromatic heterocycles. The van der Waals surface area contributed by atoms with E-state index in [1.165, 1.54) is 0 Å². The molecule has 0 spiro atoms. The highest BCUT2D eigenvalue weighted by Gasteiger charge is 2.40. The normalized spacial score (nSPS) is 19.0. The first kappa shape index (κ1) is 13.9. The van der Waals surface area contributed by atoms with Crippen LogP contribution >= 0.6 is 0 Å². The highest BCUT2D eigenvalue weighted by atomic mass is 19.3. The van der Waals surface area contributed by atoms with Crippen LogP contribution in [0.15, 0.2) is 0 Å². The summed E-state index contributed by atoms with van der Waals surface area (Å²) < 4.78 is 30.5. The molecule has 4 nitrogen and oxygen atoms in total. The molecule has 6 heteroatoms. The zero-order valence-electron chi connectivity index (χ0n) is 9.67. The van der Waals surface area contributed by atoms with Crippen molar-refractivity contribution in [1.29, 1.82) is 0 Å². The highest BCUT2D eigenvalue weighted by molar-refractivity contribution is 5.77. The minimum Gasteiger partial charge on any atom is -0.477 e. The van der Waals surface area contributed by atoms with E-state index in [0.29, 0.717) is 0 Å². The molecule has 1 N–H and O–H groups in total. The quantitative estimate of drug-likeness (QED) is 0.761. The predicted octanol–water partition coefficient (Wildman–Crippen LogP) is 2.36. The van der Waals surface area contributed by atoms with E-state index in [1.54, 1.807) is 6.92 Å². The summed E-state index contributed by atoms with van der Waals surface area (Å²) in [6.07, 6.45) is 1.78. The van der Waals surface area contributed by atoms with E-state index in [0.717, 1.165) is 25.7 Å². The molecule has 0 aromatic rings. The maximum atomic E-state index is 12.7. The van der Waals surface area contributed by atoms with Gasteiger partial charge in [0.25, 0.3) is 0 Å². The van der Waals surface area contributed by atoms with Gasteiger partial charge in [0.2, 0.25) is 0 Å². The Kier molecular flexibility index (Phi) is 4.06. The summed E-state index contributed by atoms with van der Waals surface area (Å²) in [4.78, 5) is 21.5. The summed E-state index contributed by atoms with van der Waals surface area (Å²) in [6, 6.07) is 0. The smallest absolute Gasteiger partial charge is 0.374 e. The molecule has 0 heterocycles. The summed E-state index contributed by atoms with van der Waals surface area (Å²) in [6.45, 7) is 1.77. The molecule has 0 bridgehead atoms. The van der Waals surface area contributed by atoms with E-state index >= 15 is 0 Å². The van der Waals surface area contributed by atoms with Gasteiger partial charge in [-0.05, 0) is 32.6 Å². The Hall–Kier alpha value is -1.20. The fraction of sp³-hybridized carbons (Fsp3) is 0.818. The number of aliphatic carboxylic acids is 1. The van der Waals surface area contributed by atoms with E-state index in [1.807, 2.05) is 0 Å². The largest absolute Gasteiger partial charge is 0.477 e. The van der Waals surface area contributed by atoms with Crippen molar-refractivity contribution in [2.24, 2.45) is 0 Å². The Morgan fingerprint density at radius 3 is 2.35 bits per heavy atom. The molecule has 1 aliphatic carbocycles. The van der Waals surface area contributed by atoms with Gasteiger partial charge in [-0.1, -0.05) is 0 Å². The maximum Gasteiger partial charge on any atom is 0.374 e. The molecule has 0 atom stereocenters. The van der Waals surface area contributed by atoms with E-state index in [4.69, 9.17) is 9.84 Å². The number of rotatable bonds is 5. The van der Waals surface area contributed by atoms with Gasteiger partial charge in [0.1, 0.15) is 5.60 Å². The van der Waals surface area contributed by atoms with Crippen LogP contribution in [0, 0.1) is 0 Å². The van der Waals surface area contributed by atoms with Gasteiger partial charge in [-0.15, -0.1) is 0 Å². The van der Waals surface area contributed by atoms with Gasteiger partial charge in [0, 0.05) is 6.42 Å². The predicted molar refractivity (Wildman–Crippen MR) is 54.8 cm³/mol. The summed E-state index contributed by atoms with van der Waals surface area (Å²) in [5.74, 6) is -6.83. The van der Waals surface area contributed by atoms with Crippen molar-refractivity contribution in [3.05, 3.63) is 0 Å². The molecule has 0 radical (unpaired) electrons. The van der Waals surface area contributed by atoms with Gasteiger partial charge < -0.3 is 9.84 Å². The molecule has 0 unspecified atom stereocenters. The minimum absolute atomic E-state index is 0.560. The lowest BCUT2D eigenvalue weighted by Crippen LogP contribution is -2.32. The molecule has 0 aromatic carbocycles. The van der Waals surface area contributed by atoms with Crippen molar-refractivity contribution in [2.75, 3.05) is 0 Å². The molecule has 1 rings (SSSR count). The van der Waals surface area contributed by atoms with Crippen molar-refractivity contribution >= 4 is 11.9 Å². The standard InChI is InChI=1S/C11H16F2O4/c1-10(5-2-3-6-10)17-8(14)4-7-11(12,13)9(15)16/h2-7H2,1H3,(H,15,16). The zero-order chi connectivity index (χ0) is 13.1. The molecule has 98 valence electrons. The third-order valence-electron chi connectivity index (χ3n) is 2.98. The number of carbonyl (C=O) groups is 2. The van der Waals surface area contributed by atoms with Gasteiger partial charge in [0.05, 0.1) is 6.42 Å². The molecular formula is C11H16F2O4. The summed E-state index contributed by atoms with van der Waals surface area (Å²) >= 11 is 0. The van der Waals surface area contributed by atoms with Gasteiger partial charge in [0.15, 0.2) is 0 Å². The third-order valence-corrected chi connectivity index (χ3v) is 2.98. The number of hydrogen-bond acceptors (Lipinski definition) is 3. The molecule has 0 amide bonds. The molecule has 1 fully saturated rings. The summed E-state index contributed by atoms with van der Waals surface area (Å²) in [5.41, 5.74) is -0.560. The number of ether oxygens (including phenoxy) is 1. The average Bonchev–Trinajstić information content (AvgIpc) is 2.62. The van der Waals surface area contributed by atoms with Crippen LogP contribution in [-0.2, 0) is 14.3 Å². The Morgan fingerprint density at radius 1 is 1.35 bits per heavy atom. The van der Waals surface area contributed by atoms with E-state index in [2.05, 4.69) is 0 Å². The van der Waals surface area contributed by atoms with Crippen LogP contribution < -0.4 is 0 Å². The van der Waals surface area contributed by atoms with Crippen molar-refractivity contribution in [2.45, 2.75) is 57.0 Å². The van der Waals surface area contributed by atoms with Crippen LogP contribution in [0.3, 0.4) is 0 Å². The molecular weight excluding hydrogens is 234 g/mol. The number of esters is 1. The van der Waals surface area contributed by atoms with Crippen LogP contribution in [0.1, 0.15) is 45.4 Å². The van der Waals surface area contributed by atoms with Crippen molar-refractivity contribution in [3.8, 4) is 0 Å². The zero-order valence-corrected chi connectivity index (χ0v) is 9.67. The van der Waals surface area contributed by atoms with Crippen LogP contribution in [0.5, 0.6) is 0 Å². The Morgan fingerprint density at radius 2 is 1.88 bits per heavy atom. The van der Waals surface area contributed by atoms with Crippen LogP contribution in [0.2, 0.25) is 0 Å².